The minimum Gasteiger partial charge on any atom is -0.481 e. The molecule has 0 spiro atoms. The second kappa shape index (κ2) is 7.04. The van der Waals surface area contributed by atoms with Crippen LogP contribution in [-0.2, 0) is 14.3 Å². The Bertz CT molecular complexity index is 268. The van der Waals surface area contributed by atoms with Gasteiger partial charge in [0.1, 0.15) is 0 Å². The summed E-state index contributed by atoms with van der Waals surface area (Å²) < 4.78 is 4.85. The van der Waals surface area contributed by atoms with E-state index >= 15 is 0 Å². The number of hydrogen-bond acceptors (Lipinski definition) is 3. The van der Waals surface area contributed by atoms with Crippen LogP contribution in [0.5, 0.6) is 0 Å². The van der Waals surface area contributed by atoms with Gasteiger partial charge in [-0.25, -0.2) is 0 Å². The number of carbonyl (C=O) groups is 2. The van der Waals surface area contributed by atoms with Gasteiger partial charge in [-0.15, -0.1) is 0 Å². The van der Waals surface area contributed by atoms with Crippen LogP contribution >= 0.6 is 0 Å². The van der Waals surface area contributed by atoms with E-state index in [1.54, 1.807) is 13.0 Å². The molecule has 92 valence electrons. The number of hydrogen-bond donors (Lipinski definition) is 1. The molecule has 0 fully saturated rings. The van der Waals surface area contributed by atoms with Crippen LogP contribution in [-0.4, -0.2) is 23.7 Å². The van der Waals surface area contributed by atoms with Gasteiger partial charge in [-0.3, -0.25) is 9.59 Å². The van der Waals surface area contributed by atoms with Crippen molar-refractivity contribution >= 4 is 11.9 Å². The molecule has 16 heavy (non-hydrogen) atoms. The fourth-order valence-corrected chi connectivity index (χ4v) is 1.18. The highest BCUT2D eigenvalue weighted by Crippen LogP contribution is 2.16. The van der Waals surface area contributed by atoms with Gasteiger partial charge in [-0.05, 0) is 12.8 Å². The maximum absolute atomic E-state index is 11.6. The van der Waals surface area contributed by atoms with E-state index in [4.69, 9.17) is 9.84 Å². The van der Waals surface area contributed by atoms with E-state index in [2.05, 4.69) is 0 Å². The van der Waals surface area contributed by atoms with E-state index in [1.165, 1.54) is 6.92 Å². The molecule has 4 heteroatoms. The number of allylic oxidation sites excluding steroid dienone is 1. The first-order chi connectivity index (χ1) is 7.40. The quantitative estimate of drug-likeness (QED) is 0.558. The highest BCUT2D eigenvalue weighted by Gasteiger charge is 2.28. The number of carboxylic acid groups (broad SMARTS) is 1. The third-order valence-corrected chi connectivity index (χ3v) is 2.19. The molecular formula is C12H20O4. The Labute approximate surface area is 96.3 Å². The van der Waals surface area contributed by atoms with Crippen LogP contribution in [0.25, 0.3) is 0 Å². The summed E-state index contributed by atoms with van der Waals surface area (Å²) in [5.74, 6) is -2.67. The Morgan fingerprint density at radius 3 is 2.19 bits per heavy atom. The number of esters is 1. The fraction of sp³-hybridized carbons (Fsp3) is 0.667. The molecule has 0 heterocycles. The summed E-state index contributed by atoms with van der Waals surface area (Å²) in [6.07, 6.45) is 3.45. The van der Waals surface area contributed by atoms with Crippen LogP contribution in [0.1, 0.15) is 27.7 Å². The monoisotopic (exact) mass is 228 g/mol. The van der Waals surface area contributed by atoms with Gasteiger partial charge in [0, 0.05) is 0 Å². The molecular weight excluding hydrogens is 208 g/mol. The van der Waals surface area contributed by atoms with Gasteiger partial charge < -0.3 is 9.84 Å². The molecule has 0 aliphatic carbocycles. The first-order valence-electron chi connectivity index (χ1n) is 5.47. The summed E-state index contributed by atoms with van der Waals surface area (Å²) in [4.78, 5) is 22.4. The standard InChI is InChI=1S/C12H20O4/c1-5-16-12(15)10(7-6-8(2)3)9(4)11(13)14/h6-10H,5H2,1-4H3,(H,13,14)/b7-6+. The topological polar surface area (TPSA) is 63.6 Å². The van der Waals surface area contributed by atoms with Crippen molar-refractivity contribution in [2.24, 2.45) is 17.8 Å². The average molecular weight is 228 g/mol. The molecule has 0 saturated carbocycles. The predicted molar refractivity (Wildman–Crippen MR) is 60.9 cm³/mol. The first-order valence-corrected chi connectivity index (χ1v) is 5.47. The van der Waals surface area contributed by atoms with E-state index in [0.29, 0.717) is 0 Å². The van der Waals surface area contributed by atoms with Crippen LogP contribution < -0.4 is 0 Å². The lowest BCUT2D eigenvalue weighted by Gasteiger charge is -2.15. The number of carbonyl (C=O) groups excluding carboxylic acids is 1. The van der Waals surface area contributed by atoms with Crippen LogP contribution in [0.15, 0.2) is 12.2 Å². The maximum Gasteiger partial charge on any atom is 0.313 e. The molecule has 0 aliphatic rings. The van der Waals surface area contributed by atoms with Gasteiger partial charge in [0.2, 0.25) is 0 Å². The lowest BCUT2D eigenvalue weighted by Crippen LogP contribution is -2.28. The highest BCUT2D eigenvalue weighted by atomic mass is 16.5. The van der Waals surface area contributed by atoms with Crippen molar-refractivity contribution in [3.63, 3.8) is 0 Å². The zero-order valence-corrected chi connectivity index (χ0v) is 10.3. The van der Waals surface area contributed by atoms with Gasteiger partial charge in [0.25, 0.3) is 0 Å². The third-order valence-electron chi connectivity index (χ3n) is 2.19. The maximum atomic E-state index is 11.6. The van der Waals surface area contributed by atoms with Crippen molar-refractivity contribution in [1.29, 1.82) is 0 Å². The minimum absolute atomic E-state index is 0.261. The van der Waals surface area contributed by atoms with E-state index in [9.17, 15) is 9.59 Å². The number of carboxylic acids is 1. The molecule has 2 atom stereocenters. The molecule has 0 saturated heterocycles. The molecule has 1 N–H and O–H groups in total. The molecule has 0 rings (SSSR count). The second-order valence-electron chi connectivity index (χ2n) is 4.03. The second-order valence-corrected chi connectivity index (χ2v) is 4.03. The van der Waals surface area contributed by atoms with Gasteiger partial charge in [0.05, 0.1) is 18.4 Å². The molecule has 0 radical (unpaired) electrons. The van der Waals surface area contributed by atoms with Crippen molar-refractivity contribution in [3.05, 3.63) is 12.2 Å². The van der Waals surface area contributed by atoms with E-state index < -0.39 is 23.8 Å². The lowest BCUT2D eigenvalue weighted by molar-refractivity contribution is -0.154. The van der Waals surface area contributed by atoms with Crippen molar-refractivity contribution in [1.82, 2.24) is 0 Å². The average Bonchev–Trinajstić information content (AvgIpc) is 2.17. The summed E-state index contributed by atoms with van der Waals surface area (Å²) in [6, 6.07) is 0. The Balaban J connectivity index is 4.75. The van der Waals surface area contributed by atoms with Crippen LogP contribution in [0.2, 0.25) is 0 Å². The third kappa shape index (κ3) is 4.96. The number of ether oxygens (including phenoxy) is 1. The van der Waals surface area contributed by atoms with Gasteiger partial charge in [-0.1, -0.05) is 32.9 Å². The minimum atomic E-state index is -0.994. The molecule has 0 amide bonds. The molecule has 4 nitrogen and oxygen atoms in total. The molecule has 0 aromatic rings. The smallest absolute Gasteiger partial charge is 0.313 e. The Hall–Kier alpha value is -1.32. The van der Waals surface area contributed by atoms with E-state index in [-0.39, 0.29) is 12.5 Å². The first kappa shape index (κ1) is 14.7. The summed E-state index contributed by atoms with van der Waals surface area (Å²) >= 11 is 0. The van der Waals surface area contributed by atoms with Crippen molar-refractivity contribution in [2.75, 3.05) is 6.61 Å². The lowest BCUT2D eigenvalue weighted by atomic mass is 9.93. The zero-order chi connectivity index (χ0) is 12.7. The van der Waals surface area contributed by atoms with Crippen molar-refractivity contribution in [3.8, 4) is 0 Å². The molecule has 2 unspecified atom stereocenters. The van der Waals surface area contributed by atoms with Gasteiger partial charge >= 0.3 is 11.9 Å². The normalized spacial score (nSPS) is 15.1. The van der Waals surface area contributed by atoms with Gasteiger partial charge in [0.15, 0.2) is 0 Å². The number of rotatable bonds is 6. The van der Waals surface area contributed by atoms with E-state index in [0.717, 1.165) is 0 Å². The predicted octanol–water partition coefficient (Wildman–Crippen LogP) is 2.10. The molecule has 0 aromatic heterocycles. The molecule has 0 aromatic carbocycles. The van der Waals surface area contributed by atoms with Gasteiger partial charge in [-0.2, -0.15) is 0 Å². The Kier molecular flexibility index (Phi) is 6.46. The van der Waals surface area contributed by atoms with E-state index in [1.807, 2.05) is 19.9 Å². The highest BCUT2D eigenvalue weighted by molar-refractivity contribution is 5.82. The summed E-state index contributed by atoms with van der Waals surface area (Å²) in [5, 5.41) is 8.89. The van der Waals surface area contributed by atoms with Crippen LogP contribution in [0, 0.1) is 17.8 Å². The Morgan fingerprint density at radius 1 is 1.25 bits per heavy atom. The number of aliphatic carboxylic acids is 1. The van der Waals surface area contributed by atoms with Crippen LogP contribution in [0.4, 0.5) is 0 Å². The SMILES string of the molecule is CCOC(=O)C(/C=C/C(C)C)C(C)C(=O)O. The largest absolute Gasteiger partial charge is 0.481 e. The van der Waals surface area contributed by atoms with Crippen molar-refractivity contribution in [2.45, 2.75) is 27.7 Å². The van der Waals surface area contributed by atoms with Crippen molar-refractivity contribution < 1.29 is 19.4 Å². The summed E-state index contributed by atoms with van der Waals surface area (Å²) in [6.45, 7) is 7.40. The molecule has 0 aliphatic heterocycles. The molecule has 0 bridgehead atoms. The Morgan fingerprint density at radius 2 is 1.81 bits per heavy atom. The summed E-state index contributed by atoms with van der Waals surface area (Å²) in [7, 11) is 0. The van der Waals surface area contributed by atoms with Crippen LogP contribution in [0.3, 0.4) is 0 Å². The zero-order valence-electron chi connectivity index (χ0n) is 10.3. The summed E-state index contributed by atoms with van der Waals surface area (Å²) in [5.41, 5.74) is 0. The fourth-order valence-electron chi connectivity index (χ4n) is 1.18.